The Labute approximate surface area is 141 Å². The molecule has 0 aliphatic heterocycles. The predicted octanol–water partition coefficient (Wildman–Crippen LogP) is 3.56. The first-order valence-electron chi connectivity index (χ1n) is 7.42. The summed E-state index contributed by atoms with van der Waals surface area (Å²) in [6.45, 7) is 2.07. The van der Waals surface area contributed by atoms with Crippen LogP contribution in [0.4, 0.5) is 5.69 Å². The first kappa shape index (κ1) is 17.3. The fourth-order valence-corrected chi connectivity index (χ4v) is 2.09. The van der Waals surface area contributed by atoms with Crippen molar-refractivity contribution in [1.82, 2.24) is 0 Å². The van der Waals surface area contributed by atoms with Crippen molar-refractivity contribution in [1.29, 1.82) is 0 Å². The number of methoxy groups -OCH3 is 1. The Morgan fingerprint density at radius 1 is 1.04 bits per heavy atom. The average molecular weight is 325 g/mol. The van der Waals surface area contributed by atoms with Crippen LogP contribution in [0.3, 0.4) is 0 Å². The molecule has 0 bridgehead atoms. The summed E-state index contributed by atoms with van der Waals surface area (Å²) in [7, 11) is 1.31. The molecule has 2 aromatic carbocycles. The summed E-state index contributed by atoms with van der Waals surface area (Å²) in [5, 5.41) is 0. The van der Waals surface area contributed by atoms with E-state index in [2.05, 4.69) is 4.74 Å². The van der Waals surface area contributed by atoms with Gasteiger partial charge < -0.3 is 14.4 Å². The third-order valence-electron chi connectivity index (χ3n) is 3.26. The predicted molar refractivity (Wildman–Crippen MR) is 92.1 cm³/mol. The number of carbonyl (C=O) groups excluding carboxylic acids is 2. The second-order valence-electron chi connectivity index (χ2n) is 5.16. The van der Waals surface area contributed by atoms with Crippen LogP contribution in [0.5, 0.6) is 11.5 Å². The summed E-state index contributed by atoms with van der Waals surface area (Å²) in [5.41, 5.74) is 1.43. The van der Waals surface area contributed by atoms with E-state index in [1.54, 1.807) is 31.2 Å². The molecule has 2 rings (SSSR count). The Hall–Kier alpha value is -3.08. The molecule has 24 heavy (non-hydrogen) atoms. The molecule has 0 saturated heterocycles. The molecule has 0 atom stereocenters. The maximum Gasteiger partial charge on any atom is 0.330 e. The maximum atomic E-state index is 11.3. The van der Waals surface area contributed by atoms with Gasteiger partial charge in [0.15, 0.2) is 0 Å². The van der Waals surface area contributed by atoms with Crippen LogP contribution in [-0.4, -0.2) is 26.0 Å². The van der Waals surface area contributed by atoms with Crippen molar-refractivity contribution in [2.75, 3.05) is 18.6 Å². The molecule has 0 aliphatic carbocycles. The molecule has 0 N–H and O–H groups in total. The Balaban J connectivity index is 2.06. The van der Waals surface area contributed by atoms with Crippen LogP contribution >= 0.6 is 0 Å². The summed E-state index contributed by atoms with van der Waals surface area (Å²) in [4.78, 5) is 24.0. The van der Waals surface area contributed by atoms with E-state index in [4.69, 9.17) is 4.74 Å². The Bertz CT molecular complexity index is 708. The summed E-state index contributed by atoms with van der Waals surface area (Å²) in [6.07, 6.45) is 2.09. The number of anilines is 1. The van der Waals surface area contributed by atoms with E-state index >= 15 is 0 Å². The molecule has 124 valence electrons. The van der Waals surface area contributed by atoms with Crippen molar-refractivity contribution in [3.05, 3.63) is 66.2 Å². The third-order valence-corrected chi connectivity index (χ3v) is 3.26. The van der Waals surface area contributed by atoms with Crippen LogP contribution in [-0.2, 0) is 14.3 Å². The maximum absolute atomic E-state index is 11.3. The van der Waals surface area contributed by atoms with Crippen molar-refractivity contribution in [3.63, 3.8) is 0 Å². The van der Waals surface area contributed by atoms with Crippen LogP contribution in [0, 0.1) is 0 Å². The quantitative estimate of drug-likeness (QED) is 0.444. The standard InChI is InChI=1S/C19H19NO4/c1-15(12-19(22)23-2)13-20(14-21)16-8-10-18(11-9-16)24-17-6-4-3-5-7-17/h3-12,14H,13H2,1-2H3/b15-12+. The topological polar surface area (TPSA) is 55.8 Å². The van der Waals surface area contributed by atoms with E-state index < -0.39 is 5.97 Å². The van der Waals surface area contributed by atoms with E-state index in [0.717, 1.165) is 17.7 Å². The highest BCUT2D eigenvalue weighted by Gasteiger charge is 2.08. The second-order valence-corrected chi connectivity index (χ2v) is 5.16. The lowest BCUT2D eigenvalue weighted by molar-refractivity contribution is -0.134. The smallest absolute Gasteiger partial charge is 0.330 e. The highest BCUT2D eigenvalue weighted by Crippen LogP contribution is 2.24. The molecular weight excluding hydrogens is 306 g/mol. The van der Waals surface area contributed by atoms with Crippen molar-refractivity contribution >= 4 is 18.1 Å². The molecule has 0 aliphatic rings. The number of para-hydroxylation sites is 1. The van der Waals surface area contributed by atoms with E-state index in [1.807, 2.05) is 30.3 Å². The molecular formula is C19H19NO4. The summed E-state index contributed by atoms with van der Waals surface area (Å²) >= 11 is 0. The monoisotopic (exact) mass is 325 g/mol. The zero-order chi connectivity index (χ0) is 17.4. The SMILES string of the molecule is COC(=O)/C=C(\C)CN(C=O)c1ccc(Oc2ccccc2)cc1. The molecule has 0 unspecified atom stereocenters. The Morgan fingerprint density at radius 3 is 2.25 bits per heavy atom. The van der Waals surface area contributed by atoms with Crippen molar-refractivity contribution in [2.45, 2.75) is 6.92 Å². The van der Waals surface area contributed by atoms with Crippen LogP contribution in [0.1, 0.15) is 6.92 Å². The van der Waals surface area contributed by atoms with Gasteiger partial charge in [-0.2, -0.15) is 0 Å². The number of hydrogen-bond donors (Lipinski definition) is 0. The van der Waals surface area contributed by atoms with Gasteiger partial charge in [-0.05, 0) is 48.9 Å². The van der Waals surface area contributed by atoms with E-state index in [9.17, 15) is 9.59 Å². The number of esters is 1. The summed E-state index contributed by atoms with van der Waals surface area (Å²) in [5.74, 6) is 0.983. The first-order chi connectivity index (χ1) is 11.6. The minimum Gasteiger partial charge on any atom is -0.466 e. The van der Waals surface area contributed by atoms with Gasteiger partial charge in [0.05, 0.1) is 7.11 Å². The van der Waals surface area contributed by atoms with Gasteiger partial charge in [0.1, 0.15) is 11.5 Å². The lowest BCUT2D eigenvalue weighted by atomic mass is 10.2. The molecule has 0 spiro atoms. The fourth-order valence-electron chi connectivity index (χ4n) is 2.09. The molecule has 0 fully saturated rings. The van der Waals surface area contributed by atoms with Gasteiger partial charge in [0, 0.05) is 18.3 Å². The van der Waals surface area contributed by atoms with Crippen molar-refractivity contribution < 1.29 is 19.1 Å². The van der Waals surface area contributed by atoms with Gasteiger partial charge in [-0.15, -0.1) is 0 Å². The fraction of sp³-hybridized carbons (Fsp3) is 0.158. The van der Waals surface area contributed by atoms with Crippen molar-refractivity contribution in [3.8, 4) is 11.5 Å². The Morgan fingerprint density at radius 2 is 1.67 bits per heavy atom. The number of hydrogen-bond acceptors (Lipinski definition) is 4. The minimum atomic E-state index is -0.440. The molecule has 0 saturated carbocycles. The van der Waals surface area contributed by atoms with E-state index in [-0.39, 0.29) is 0 Å². The number of amides is 1. The van der Waals surface area contributed by atoms with Gasteiger partial charge in [0.2, 0.25) is 6.41 Å². The van der Waals surface area contributed by atoms with Gasteiger partial charge in [-0.25, -0.2) is 4.79 Å². The minimum absolute atomic E-state index is 0.303. The number of ether oxygens (including phenoxy) is 2. The van der Waals surface area contributed by atoms with E-state index in [0.29, 0.717) is 18.0 Å². The van der Waals surface area contributed by atoms with Gasteiger partial charge >= 0.3 is 5.97 Å². The molecule has 0 heterocycles. The van der Waals surface area contributed by atoms with E-state index in [1.165, 1.54) is 18.1 Å². The number of nitrogens with zero attached hydrogens (tertiary/aromatic N) is 1. The molecule has 0 radical (unpaired) electrons. The van der Waals surface area contributed by atoms with Crippen LogP contribution < -0.4 is 9.64 Å². The summed E-state index contributed by atoms with van der Waals surface area (Å²) < 4.78 is 10.3. The zero-order valence-electron chi connectivity index (χ0n) is 13.6. The normalized spacial score (nSPS) is 10.8. The first-order valence-corrected chi connectivity index (χ1v) is 7.42. The highest BCUT2D eigenvalue weighted by atomic mass is 16.5. The third kappa shape index (κ3) is 4.98. The van der Waals surface area contributed by atoms with Crippen LogP contribution in [0.25, 0.3) is 0 Å². The highest BCUT2D eigenvalue weighted by molar-refractivity contribution is 5.83. The number of rotatable bonds is 7. The largest absolute Gasteiger partial charge is 0.466 e. The number of benzene rings is 2. The lowest BCUT2D eigenvalue weighted by Crippen LogP contribution is -2.23. The molecule has 2 aromatic rings. The van der Waals surface area contributed by atoms with Gasteiger partial charge in [-0.1, -0.05) is 18.2 Å². The number of carbonyl (C=O) groups is 2. The average Bonchev–Trinajstić information content (AvgIpc) is 2.61. The Kier molecular flexibility index (Phi) is 6.14. The summed E-state index contributed by atoms with van der Waals surface area (Å²) in [6, 6.07) is 16.6. The lowest BCUT2D eigenvalue weighted by Gasteiger charge is -2.18. The molecule has 5 nitrogen and oxygen atoms in total. The van der Waals surface area contributed by atoms with Crippen LogP contribution in [0.2, 0.25) is 0 Å². The van der Waals surface area contributed by atoms with Crippen molar-refractivity contribution in [2.24, 2.45) is 0 Å². The van der Waals surface area contributed by atoms with Gasteiger partial charge in [0.25, 0.3) is 0 Å². The second kappa shape index (κ2) is 8.53. The molecule has 0 aromatic heterocycles. The van der Waals surface area contributed by atoms with Crippen LogP contribution in [0.15, 0.2) is 66.2 Å². The zero-order valence-corrected chi connectivity index (χ0v) is 13.6. The van der Waals surface area contributed by atoms with Gasteiger partial charge in [-0.3, -0.25) is 4.79 Å². The molecule has 1 amide bonds. The molecule has 5 heteroatoms.